The molecule has 0 radical (unpaired) electrons. The Balaban J connectivity index is 1.61. The number of likely N-dealkylation sites (tertiary alicyclic amines) is 1. The second kappa shape index (κ2) is 7.81. The molecule has 1 atom stereocenters. The third-order valence-electron chi connectivity index (χ3n) is 4.55. The topological polar surface area (TPSA) is 40.4 Å². The highest BCUT2D eigenvalue weighted by atomic mass is 32.1. The molecule has 128 valence electrons. The highest BCUT2D eigenvalue weighted by Gasteiger charge is 2.25. The van der Waals surface area contributed by atoms with Gasteiger partial charge in [-0.2, -0.15) is 0 Å². The fraction of sp³-hybridized carbons (Fsp3) is 0.421. The van der Waals surface area contributed by atoms with Crippen LogP contribution in [0.1, 0.15) is 35.8 Å². The van der Waals surface area contributed by atoms with E-state index in [2.05, 4.69) is 47.6 Å². The molecule has 1 aromatic carbocycles. The molecule has 0 aliphatic carbocycles. The summed E-state index contributed by atoms with van der Waals surface area (Å²) in [5, 5.41) is 7.33. The predicted octanol–water partition coefficient (Wildman–Crippen LogP) is 4.02. The minimum Gasteiger partial charge on any atom is -0.468 e. The van der Waals surface area contributed by atoms with Crippen LogP contribution in [0.25, 0.3) is 0 Å². The first-order valence-electron chi connectivity index (χ1n) is 8.53. The Kier molecular flexibility index (Phi) is 5.53. The Hall–Kier alpha value is -1.85. The number of thiocarbonyl (C=S) groups is 1. The van der Waals surface area contributed by atoms with Crippen molar-refractivity contribution in [3.63, 3.8) is 0 Å². The molecule has 1 unspecified atom stereocenters. The first kappa shape index (κ1) is 17.0. The standard InChI is InChI=1S/C19H25N3OS/c1-14-7-8-15(2)16(12-14)21-19(24)20-13-17(18-6-5-11-23-18)22-9-3-4-10-22/h5-8,11-12,17H,3-4,9-10,13H2,1-2H3,(H2,20,21,24). The van der Waals surface area contributed by atoms with Crippen molar-refractivity contribution in [3.05, 3.63) is 53.5 Å². The molecule has 1 aliphatic heterocycles. The smallest absolute Gasteiger partial charge is 0.170 e. The number of furan rings is 1. The second-order valence-corrected chi connectivity index (χ2v) is 6.84. The first-order chi connectivity index (χ1) is 11.6. The minimum absolute atomic E-state index is 0.223. The van der Waals surface area contributed by atoms with Gasteiger partial charge in [0.25, 0.3) is 0 Å². The zero-order valence-corrected chi connectivity index (χ0v) is 15.2. The van der Waals surface area contributed by atoms with Gasteiger partial charge in [0.1, 0.15) is 5.76 Å². The van der Waals surface area contributed by atoms with E-state index in [9.17, 15) is 0 Å². The number of hydrogen-bond acceptors (Lipinski definition) is 3. The Morgan fingerprint density at radius 2 is 2.04 bits per heavy atom. The normalized spacial score (nSPS) is 16.1. The van der Waals surface area contributed by atoms with Gasteiger partial charge in [-0.1, -0.05) is 12.1 Å². The van der Waals surface area contributed by atoms with E-state index in [1.54, 1.807) is 6.26 Å². The largest absolute Gasteiger partial charge is 0.468 e. The monoisotopic (exact) mass is 343 g/mol. The lowest BCUT2D eigenvalue weighted by atomic mass is 10.1. The molecular weight excluding hydrogens is 318 g/mol. The van der Waals surface area contributed by atoms with Gasteiger partial charge < -0.3 is 15.1 Å². The summed E-state index contributed by atoms with van der Waals surface area (Å²) in [6, 6.07) is 10.6. The van der Waals surface area contributed by atoms with Crippen LogP contribution in [0.2, 0.25) is 0 Å². The van der Waals surface area contributed by atoms with Crippen molar-refractivity contribution in [2.75, 3.05) is 25.0 Å². The zero-order valence-electron chi connectivity index (χ0n) is 14.3. The fourth-order valence-corrected chi connectivity index (χ4v) is 3.36. The molecule has 0 bridgehead atoms. The summed E-state index contributed by atoms with van der Waals surface area (Å²) in [6.45, 7) is 7.14. The number of hydrogen-bond donors (Lipinski definition) is 2. The van der Waals surface area contributed by atoms with E-state index in [1.165, 1.54) is 24.0 Å². The number of benzene rings is 1. The number of rotatable bonds is 5. The van der Waals surface area contributed by atoms with E-state index in [-0.39, 0.29) is 6.04 Å². The van der Waals surface area contributed by atoms with Crippen molar-refractivity contribution >= 4 is 23.0 Å². The van der Waals surface area contributed by atoms with E-state index >= 15 is 0 Å². The third-order valence-corrected chi connectivity index (χ3v) is 4.80. The average molecular weight is 343 g/mol. The Labute approximate surface area is 149 Å². The molecular formula is C19H25N3OS. The molecule has 2 aromatic rings. The molecule has 2 N–H and O–H groups in total. The number of nitrogens with zero attached hydrogens (tertiary/aromatic N) is 1. The van der Waals surface area contributed by atoms with Crippen molar-refractivity contribution < 1.29 is 4.42 Å². The van der Waals surface area contributed by atoms with Crippen molar-refractivity contribution in [1.82, 2.24) is 10.2 Å². The van der Waals surface area contributed by atoms with E-state index in [1.807, 2.05) is 12.1 Å². The SMILES string of the molecule is Cc1ccc(C)c(NC(=S)NCC(c2ccco2)N2CCCC2)c1. The van der Waals surface area contributed by atoms with Crippen LogP contribution < -0.4 is 10.6 Å². The van der Waals surface area contributed by atoms with Crippen LogP contribution >= 0.6 is 12.2 Å². The molecule has 1 aromatic heterocycles. The molecule has 1 saturated heterocycles. The van der Waals surface area contributed by atoms with Gasteiger partial charge in [0.15, 0.2) is 5.11 Å². The van der Waals surface area contributed by atoms with Crippen molar-refractivity contribution in [2.45, 2.75) is 32.7 Å². The maximum atomic E-state index is 5.65. The van der Waals surface area contributed by atoms with Gasteiger partial charge in [-0.3, -0.25) is 4.90 Å². The van der Waals surface area contributed by atoms with E-state index in [4.69, 9.17) is 16.6 Å². The van der Waals surface area contributed by atoms with E-state index in [0.29, 0.717) is 5.11 Å². The maximum absolute atomic E-state index is 5.65. The molecule has 3 rings (SSSR count). The molecule has 0 saturated carbocycles. The summed E-state index contributed by atoms with van der Waals surface area (Å²) in [5.41, 5.74) is 3.46. The van der Waals surface area contributed by atoms with Crippen LogP contribution in [0, 0.1) is 13.8 Å². The van der Waals surface area contributed by atoms with Gasteiger partial charge in [-0.25, -0.2) is 0 Å². The maximum Gasteiger partial charge on any atom is 0.170 e. The average Bonchev–Trinajstić information content (AvgIpc) is 3.25. The summed E-state index contributed by atoms with van der Waals surface area (Å²) < 4.78 is 5.65. The summed E-state index contributed by atoms with van der Waals surface area (Å²) in [6.07, 6.45) is 4.25. The van der Waals surface area contributed by atoms with Crippen molar-refractivity contribution in [3.8, 4) is 0 Å². The van der Waals surface area contributed by atoms with Crippen LogP contribution in [0.15, 0.2) is 41.0 Å². The van der Waals surface area contributed by atoms with Crippen molar-refractivity contribution in [1.29, 1.82) is 0 Å². The Morgan fingerprint density at radius 3 is 2.75 bits per heavy atom. The zero-order chi connectivity index (χ0) is 16.9. The van der Waals surface area contributed by atoms with Gasteiger partial charge in [0, 0.05) is 12.2 Å². The number of anilines is 1. The summed E-state index contributed by atoms with van der Waals surface area (Å²) >= 11 is 5.49. The fourth-order valence-electron chi connectivity index (χ4n) is 3.17. The summed E-state index contributed by atoms with van der Waals surface area (Å²) in [5.74, 6) is 0.999. The lowest BCUT2D eigenvalue weighted by molar-refractivity contribution is 0.216. The van der Waals surface area contributed by atoms with Gasteiger partial charge >= 0.3 is 0 Å². The van der Waals surface area contributed by atoms with Crippen LogP contribution in [0.5, 0.6) is 0 Å². The van der Waals surface area contributed by atoms with Crippen molar-refractivity contribution in [2.24, 2.45) is 0 Å². The van der Waals surface area contributed by atoms with Gasteiger partial charge in [0.05, 0.1) is 12.3 Å². The third kappa shape index (κ3) is 4.16. The number of aryl methyl sites for hydroxylation is 2. The first-order valence-corrected chi connectivity index (χ1v) is 8.94. The van der Waals surface area contributed by atoms with Crippen LogP contribution in [-0.4, -0.2) is 29.6 Å². The molecule has 2 heterocycles. The Morgan fingerprint density at radius 1 is 1.25 bits per heavy atom. The minimum atomic E-state index is 0.223. The summed E-state index contributed by atoms with van der Waals surface area (Å²) in [7, 11) is 0. The van der Waals surface area contributed by atoms with Crippen LogP contribution in [0.4, 0.5) is 5.69 Å². The Bertz CT molecular complexity index is 678. The molecule has 1 aliphatic rings. The highest BCUT2D eigenvalue weighted by Crippen LogP contribution is 2.25. The highest BCUT2D eigenvalue weighted by molar-refractivity contribution is 7.80. The molecule has 4 nitrogen and oxygen atoms in total. The molecule has 0 spiro atoms. The molecule has 0 amide bonds. The van der Waals surface area contributed by atoms with Crippen LogP contribution in [0.3, 0.4) is 0 Å². The van der Waals surface area contributed by atoms with Crippen LogP contribution in [-0.2, 0) is 0 Å². The van der Waals surface area contributed by atoms with Gasteiger partial charge in [-0.05, 0) is 81.3 Å². The quantitative estimate of drug-likeness (QED) is 0.803. The molecule has 1 fully saturated rings. The summed E-state index contributed by atoms with van der Waals surface area (Å²) in [4.78, 5) is 2.46. The van der Waals surface area contributed by atoms with Gasteiger partial charge in [0.2, 0.25) is 0 Å². The number of nitrogens with one attached hydrogen (secondary N) is 2. The van der Waals surface area contributed by atoms with E-state index in [0.717, 1.165) is 31.1 Å². The molecule has 5 heteroatoms. The van der Waals surface area contributed by atoms with Gasteiger partial charge in [-0.15, -0.1) is 0 Å². The second-order valence-electron chi connectivity index (χ2n) is 6.43. The lowest BCUT2D eigenvalue weighted by Gasteiger charge is -2.26. The van der Waals surface area contributed by atoms with E-state index < -0.39 is 0 Å². The lowest BCUT2D eigenvalue weighted by Crippen LogP contribution is -2.38. The molecule has 24 heavy (non-hydrogen) atoms. The predicted molar refractivity (Wildman–Crippen MR) is 102 cm³/mol.